The first-order valence-corrected chi connectivity index (χ1v) is 7.62. The van der Waals surface area contributed by atoms with E-state index in [1.54, 1.807) is 0 Å². The van der Waals surface area contributed by atoms with Crippen molar-refractivity contribution < 1.29 is 4.74 Å². The highest BCUT2D eigenvalue weighted by molar-refractivity contribution is 5.01. The highest BCUT2D eigenvalue weighted by Gasteiger charge is 2.27. The molecule has 1 unspecified atom stereocenters. The molecule has 4 heteroatoms. The molecule has 2 heterocycles. The van der Waals surface area contributed by atoms with Crippen LogP contribution >= 0.6 is 0 Å². The molecule has 106 valence electrons. The molecule has 19 heavy (non-hydrogen) atoms. The van der Waals surface area contributed by atoms with Gasteiger partial charge in [0.15, 0.2) is 0 Å². The third-order valence-corrected chi connectivity index (χ3v) is 4.50. The van der Waals surface area contributed by atoms with Gasteiger partial charge < -0.3 is 10.1 Å². The molecule has 1 saturated carbocycles. The van der Waals surface area contributed by atoms with Crippen molar-refractivity contribution >= 4 is 0 Å². The van der Waals surface area contributed by atoms with Gasteiger partial charge in [0.1, 0.15) is 0 Å². The number of nitrogens with one attached hydrogen (secondary N) is 1. The molecular formula is C15H25N3O. The van der Waals surface area contributed by atoms with E-state index in [0.717, 1.165) is 31.9 Å². The van der Waals surface area contributed by atoms with Crippen LogP contribution in [0.4, 0.5) is 0 Å². The van der Waals surface area contributed by atoms with Gasteiger partial charge in [-0.2, -0.15) is 5.10 Å². The molecule has 2 aliphatic rings. The van der Waals surface area contributed by atoms with Gasteiger partial charge >= 0.3 is 0 Å². The maximum Gasteiger partial charge on any atom is 0.0762 e. The van der Waals surface area contributed by atoms with Gasteiger partial charge in [0.25, 0.3) is 0 Å². The number of aromatic nitrogens is 2. The monoisotopic (exact) mass is 263 g/mol. The van der Waals surface area contributed by atoms with Crippen molar-refractivity contribution in [3.63, 3.8) is 0 Å². The van der Waals surface area contributed by atoms with Crippen LogP contribution in [0.2, 0.25) is 0 Å². The van der Waals surface area contributed by atoms with E-state index < -0.39 is 0 Å². The fraction of sp³-hybridized carbons (Fsp3) is 0.800. The highest BCUT2D eigenvalue weighted by Crippen LogP contribution is 2.28. The van der Waals surface area contributed by atoms with Crippen molar-refractivity contribution in [2.45, 2.75) is 63.6 Å². The van der Waals surface area contributed by atoms with Gasteiger partial charge in [0.05, 0.1) is 18.3 Å². The average Bonchev–Trinajstić information content (AvgIpc) is 3.08. The lowest BCUT2D eigenvalue weighted by Gasteiger charge is -2.34. The van der Waals surface area contributed by atoms with E-state index in [0.29, 0.717) is 6.04 Å². The Morgan fingerprint density at radius 1 is 1.42 bits per heavy atom. The minimum atomic E-state index is 0.120. The summed E-state index contributed by atoms with van der Waals surface area (Å²) in [5.74, 6) is 0. The maximum atomic E-state index is 5.57. The first kappa shape index (κ1) is 13.1. The lowest BCUT2D eigenvalue weighted by Crippen LogP contribution is -2.48. The molecule has 0 aromatic carbocycles. The molecule has 1 aliphatic carbocycles. The second-order valence-corrected chi connectivity index (χ2v) is 6.30. The first-order valence-electron chi connectivity index (χ1n) is 7.62. The van der Waals surface area contributed by atoms with Crippen LogP contribution in [-0.4, -0.2) is 28.5 Å². The van der Waals surface area contributed by atoms with E-state index >= 15 is 0 Å². The Labute approximate surface area is 115 Å². The molecule has 1 atom stereocenters. The van der Waals surface area contributed by atoms with Crippen LogP contribution in [0.25, 0.3) is 0 Å². The Bertz CT molecular complexity index is 403. The predicted molar refractivity (Wildman–Crippen MR) is 75.0 cm³/mol. The number of hydrogen-bond donors (Lipinski definition) is 1. The van der Waals surface area contributed by atoms with Crippen molar-refractivity contribution in [2.75, 3.05) is 13.2 Å². The van der Waals surface area contributed by atoms with Gasteiger partial charge in [-0.25, -0.2) is 0 Å². The molecule has 1 N–H and O–H groups in total. The van der Waals surface area contributed by atoms with E-state index in [-0.39, 0.29) is 5.54 Å². The van der Waals surface area contributed by atoms with E-state index in [4.69, 9.17) is 9.84 Å². The number of nitrogens with zero attached hydrogens (tertiary/aromatic N) is 2. The van der Waals surface area contributed by atoms with Gasteiger partial charge in [0, 0.05) is 24.9 Å². The fourth-order valence-electron chi connectivity index (χ4n) is 3.22. The Morgan fingerprint density at radius 3 is 3.00 bits per heavy atom. The lowest BCUT2D eigenvalue weighted by atomic mass is 9.95. The second kappa shape index (κ2) is 5.63. The standard InChI is InChI=1S/C15H25N3O/c1-15(8-4-10-19-12-15)16-11-13-7-9-18(17-13)14-5-2-3-6-14/h7,9,14,16H,2-6,8,10-12H2,1H3. The smallest absolute Gasteiger partial charge is 0.0762 e. The highest BCUT2D eigenvalue weighted by atomic mass is 16.5. The van der Waals surface area contributed by atoms with E-state index in [1.807, 2.05) is 0 Å². The second-order valence-electron chi connectivity index (χ2n) is 6.30. The molecule has 0 amide bonds. The van der Waals surface area contributed by atoms with E-state index in [1.165, 1.54) is 32.1 Å². The number of ether oxygens (including phenoxy) is 1. The maximum absolute atomic E-state index is 5.57. The molecule has 1 saturated heterocycles. The molecule has 4 nitrogen and oxygen atoms in total. The molecule has 2 fully saturated rings. The van der Waals surface area contributed by atoms with Crippen LogP contribution in [0.5, 0.6) is 0 Å². The van der Waals surface area contributed by atoms with Gasteiger partial charge in [-0.05, 0) is 38.7 Å². The summed E-state index contributed by atoms with van der Waals surface area (Å²) in [6, 6.07) is 2.79. The zero-order valence-electron chi connectivity index (χ0n) is 11.9. The topological polar surface area (TPSA) is 39.1 Å². The Hall–Kier alpha value is -0.870. The average molecular weight is 263 g/mol. The summed E-state index contributed by atoms with van der Waals surface area (Å²) < 4.78 is 7.74. The van der Waals surface area contributed by atoms with E-state index in [2.05, 4.69) is 29.2 Å². The Kier molecular flexibility index (Phi) is 3.89. The molecule has 0 radical (unpaired) electrons. The molecule has 1 aliphatic heterocycles. The van der Waals surface area contributed by atoms with E-state index in [9.17, 15) is 0 Å². The van der Waals surface area contributed by atoms with Crippen molar-refractivity contribution in [3.05, 3.63) is 18.0 Å². The molecular weight excluding hydrogens is 238 g/mol. The van der Waals surface area contributed by atoms with Gasteiger partial charge in [-0.1, -0.05) is 12.8 Å². The summed E-state index contributed by atoms with van der Waals surface area (Å²) in [5.41, 5.74) is 1.27. The summed E-state index contributed by atoms with van der Waals surface area (Å²) in [7, 11) is 0. The first-order chi connectivity index (χ1) is 9.25. The molecule has 3 rings (SSSR count). The molecule has 0 spiro atoms. The third-order valence-electron chi connectivity index (χ3n) is 4.50. The summed E-state index contributed by atoms with van der Waals surface area (Å²) in [4.78, 5) is 0. The van der Waals surface area contributed by atoms with Crippen LogP contribution < -0.4 is 5.32 Å². The predicted octanol–water partition coefficient (Wildman–Crippen LogP) is 2.66. The quantitative estimate of drug-likeness (QED) is 0.907. The van der Waals surface area contributed by atoms with Gasteiger partial charge in [-0.3, -0.25) is 4.68 Å². The Balaban J connectivity index is 1.55. The minimum Gasteiger partial charge on any atom is -0.380 e. The molecule has 1 aromatic heterocycles. The Morgan fingerprint density at radius 2 is 2.26 bits per heavy atom. The number of rotatable bonds is 4. The zero-order valence-corrected chi connectivity index (χ0v) is 11.9. The summed E-state index contributed by atoms with van der Waals surface area (Å²) >= 11 is 0. The lowest BCUT2D eigenvalue weighted by molar-refractivity contribution is 0.0276. The number of hydrogen-bond acceptors (Lipinski definition) is 3. The SMILES string of the molecule is CC1(NCc2ccn(C3CCCC3)n2)CCCOC1. The van der Waals surface area contributed by atoms with Crippen molar-refractivity contribution in [2.24, 2.45) is 0 Å². The van der Waals surface area contributed by atoms with Crippen LogP contribution in [-0.2, 0) is 11.3 Å². The van der Waals surface area contributed by atoms with Crippen molar-refractivity contribution in [1.29, 1.82) is 0 Å². The summed E-state index contributed by atoms with van der Waals surface area (Å²) in [6.07, 6.45) is 9.78. The van der Waals surface area contributed by atoms with Crippen LogP contribution in [0.3, 0.4) is 0 Å². The normalized spacial score (nSPS) is 28.9. The van der Waals surface area contributed by atoms with Crippen LogP contribution in [0, 0.1) is 0 Å². The van der Waals surface area contributed by atoms with Crippen molar-refractivity contribution in [1.82, 2.24) is 15.1 Å². The van der Waals surface area contributed by atoms with Crippen LogP contribution in [0.15, 0.2) is 12.3 Å². The van der Waals surface area contributed by atoms with Gasteiger partial charge in [-0.15, -0.1) is 0 Å². The van der Waals surface area contributed by atoms with Crippen LogP contribution in [0.1, 0.15) is 57.2 Å². The van der Waals surface area contributed by atoms with Gasteiger partial charge in [0.2, 0.25) is 0 Å². The minimum absolute atomic E-state index is 0.120. The van der Waals surface area contributed by atoms with Crippen molar-refractivity contribution in [3.8, 4) is 0 Å². The fourth-order valence-corrected chi connectivity index (χ4v) is 3.22. The third kappa shape index (κ3) is 3.18. The summed E-state index contributed by atoms with van der Waals surface area (Å²) in [6.45, 7) is 4.82. The zero-order chi connectivity index (χ0) is 13.1. The molecule has 1 aromatic rings. The molecule has 0 bridgehead atoms. The largest absolute Gasteiger partial charge is 0.380 e. The summed E-state index contributed by atoms with van der Waals surface area (Å²) in [5, 5.41) is 8.34.